The number of hydrogen-bond donors (Lipinski definition) is 1. The first-order valence-electron chi connectivity index (χ1n) is 5.96. The molecule has 0 fully saturated rings. The minimum absolute atomic E-state index is 0.0145. The van der Waals surface area contributed by atoms with Gasteiger partial charge in [0.2, 0.25) is 0 Å². The van der Waals surface area contributed by atoms with E-state index < -0.39 is 34.8 Å². The van der Waals surface area contributed by atoms with Crippen molar-refractivity contribution in [2.75, 3.05) is 6.61 Å². The molecular weight excluding hydrogens is 282 g/mol. The zero-order chi connectivity index (χ0) is 16.2. The molecule has 8 heteroatoms. The highest BCUT2D eigenvalue weighted by Gasteiger charge is 2.23. The van der Waals surface area contributed by atoms with Gasteiger partial charge in [-0.3, -0.25) is 10.1 Å². The molecule has 0 aliphatic carbocycles. The average Bonchev–Trinajstić information content (AvgIpc) is 2.33. The van der Waals surface area contributed by atoms with Gasteiger partial charge in [0, 0.05) is 6.07 Å². The Balaban J connectivity index is 3.05. The smallest absolute Gasteiger partial charge is 0.341 e. The van der Waals surface area contributed by atoms with Crippen molar-refractivity contribution in [2.24, 2.45) is 0 Å². The molecule has 21 heavy (non-hydrogen) atoms. The molecule has 0 saturated heterocycles. The molecule has 0 unspecified atom stereocenters. The molecule has 0 heterocycles. The highest BCUT2D eigenvalue weighted by Crippen LogP contribution is 2.28. The molecule has 1 N–H and O–H groups in total. The highest BCUT2D eigenvalue weighted by molar-refractivity contribution is 5.91. The second-order valence-corrected chi connectivity index (χ2v) is 5.12. The fraction of sp³-hybridized carbons (Fsp3) is 0.385. The standard InChI is InChI=1S/C13H15NO7/c1-13(2,3)21-12(17)8-4-5-10(20-7-11(15)16)9(6-8)14(18)19/h4-6H,7H2,1-3H3,(H,15,16). The molecule has 0 amide bonds. The summed E-state index contributed by atoms with van der Waals surface area (Å²) in [6.45, 7) is 4.30. The van der Waals surface area contributed by atoms with Crippen LogP contribution < -0.4 is 4.74 Å². The van der Waals surface area contributed by atoms with Crippen molar-refractivity contribution in [2.45, 2.75) is 26.4 Å². The number of carbonyl (C=O) groups is 2. The lowest BCUT2D eigenvalue weighted by atomic mass is 10.1. The lowest BCUT2D eigenvalue weighted by Gasteiger charge is -2.19. The SMILES string of the molecule is CC(C)(C)OC(=O)c1ccc(OCC(=O)O)c([N+](=O)[O-])c1. The maximum atomic E-state index is 11.8. The fourth-order valence-corrected chi connectivity index (χ4v) is 1.39. The van der Waals surface area contributed by atoms with Crippen LogP contribution in [0.15, 0.2) is 18.2 Å². The molecule has 114 valence electrons. The number of carbonyl (C=O) groups excluding carboxylic acids is 1. The quantitative estimate of drug-likeness (QED) is 0.502. The van der Waals surface area contributed by atoms with Crippen molar-refractivity contribution in [3.05, 3.63) is 33.9 Å². The molecule has 8 nitrogen and oxygen atoms in total. The molecule has 1 aromatic rings. The van der Waals surface area contributed by atoms with Gasteiger partial charge in [0.15, 0.2) is 12.4 Å². The number of carboxylic acid groups (broad SMARTS) is 1. The van der Waals surface area contributed by atoms with E-state index in [1.54, 1.807) is 20.8 Å². The van der Waals surface area contributed by atoms with Crippen LogP contribution in [0.1, 0.15) is 31.1 Å². The minimum atomic E-state index is -1.26. The fourth-order valence-electron chi connectivity index (χ4n) is 1.39. The lowest BCUT2D eigenvalue weighted by Crippen LogP contribution is -2.24. The van der Waals surface area contributed by atoms with Crippen LogP contribution in [0.5, 0.6) is 5.75 Å². The van der Waals surface area contributed by atoms with Gasteiger partial charge in [0.25, 0.3) is 0 Å². The molecule has 0 bridgehead atoms. The summed E-state index contributed by atoms with van der Waals surface area (Å²) in [4.78, 5) is 32.4. The van der Waals surface area contributed by atoms with Gasteiger partial charge in [0.1, 0.15) is 5.60 Å². The van der Waals surface area contributed by atoms with E-state index in [0.29, 0.717) is 0 Å². The summed E-state index contributed by atoms with van der Waals surface area (Å²) < 4.78 is 9.90. The van der Waals surface area contributed by atoms with Crippen LogP contribution in [-0.4, -0.2) is 34.2 Å². The van der Waals surface area contributed by atoms with Gasteiger partial charge >= 0.3 is 17.6 Å². The monoisotopic (exact) mass is 297 g/mol. The van der Waals surface area contributed by atoms with E-state index in [9.17, 15) is 19.7 Å². The van der Waals surface area contributed by atoms with Crippen LogP contribution in [0.25, 0.3) is 0 Å². The van der Waals surface area contributed by atoms with E-state index in [1.165, 1.54) is 12.1 Å². The van der Waals surface area contributed by atoms with E-state index >= 15 is 0 Å². The molecule has 1 rings (SSSR count). The van der Waals surface area contributed by atoms with Crippen molar-refractivity contribution in [3.8, 4) is 5.75 Å². The zero-order valence-electron chi connectivity index (χ0n) is 11.8. The van der Waals surface area contributed by atoms with E-state index in [-0.39, 0.29) is 11.3 Å². The summed E-state index contributed by atoms with van der Waals surface area (Å²) >= 11 is 0. The number of rotatable bonds is 5. The zero-order valence-corrected chi connectivity index (χ0v) is 11.8. The number of nitro groups is 1. The number of nitro benzene ring substituents is 1. The van der Waals surface area contributed by atoms with Gasteiger partial charge in [-0.05, 0) is 32.9 Å². The Morgan fingerprint density at radius 1 is 1.33 bits per heavy atom. The third kappa shape index (κ3) is 5.09. The summed E-state index contributed by atoms with van der Waals surface area (Å²) in [6, 6.07) is 3.43. The van der Waals surface area contributed by atoms with E-state index in [4.69, 9.17) is 14.6 Å². The summed E-state index contributed by atoms with van der Waals surface area (Å²) in [7, 11) is 0. The van der Waals surface area contributed by atoms with Crippen molar-refractivity contribution >= 4 is 17.6 Å². The normalized spacial score (nSPS) is 10.8. The molecule has 0 spiro atoms. The molecule has 0 atom stereocenters. The van der Waals surface area contributed by atoms with Gasteiger partial charge in [-0.15, -0.1) is 0 Å². The highest BCUT2D eigenvalue weighted by atomic mass is 16.6. The average molecular weight is 297 g/mol. The molecule has 0 saturated carbocycles. The van der Waals surface area contributed by atoms with Gasteiger partial charge in [0.05, 0.1) is 10.5 Å². The summed E-state index contributed by atoms with van der Waals surface area (Å²) in [5.41, 5.74) is -1.25. The molecule has 0 aromatic heterocycles. The third-order valence-corrected chi connectivity index (χ3v) is 2.14. The second-order valence-electron chi connectivity index (χ2n) is 5.12. The number of esters is 1. The maximum absolute atomic E-state index is 11.8. The first kappa shape index (κ1) is 16.4. The minimum Gasteiger partial charge on any atom is -0.479 e. The summed E-state index contributed by atoms with van der Waals surface area (Å²) in [6.07, 6.45) is 0. The van der Waals surface area contributed by atoms with Crippen molar-refractivity contribution in [1.29, 1.82) is 0 Å². The van der Waals surface area contributed by atoms with Crippen molar-refractivity contribution in [3.63, 3.8) is 0 Å². The summed E-state index contributed by atoms with van der Waals surface area (Å²) in [5, 5.41) is 19.5. The van der Waals surface area contributed by atoms with Crippen molar-refractivity contribution in [1.82, 2.24) is 0 Å². The number of benzene rings is 1. The van der Waals surface area contributed by atoms with Gasteiger partial charge in [-0.2, -0.15) is 0 Å². The molecule has 0 aliphatic heterocycles. The molecule has 0 aliphatic rings. The Hall–Kier alpha value is -2.64. The van der Waals surface area contributed by atoms with Crippen LogP contribution in [0.2, 0.25) is 0 Å². The largest absolute Gasteiger partial charge is 0.479 e. The number of aliphatic carboxylic acids is 1. The van der Waals surface area contributed by atoms with Gasteiger partial charge in [-0.25, -0.2) is 9.59 Å². The Morgan fingerprint density at radius 2 is 1.95 bits per heavy atom. The molecular formula is C13H15NO7. The Labute approximate surface area is 120 Å². The Morgan fingerprint density at radius 3 is 2.43 bits per heavy atom. The predicted octanol–water partition coefficient (Wildman–Crippen LogP) is 2.01. The van der Waals surface area contributed by atoms with Crippen LogP contribution >= 0.6 is 0 Å². The van der Waals surface area contributed by atoms with Gasteiger partial charge < -0.3 is 14.6 Å². The van der Waals surface area contributed by atoms with Crippen LogP contribution in [0.4, 0.5) is 5.69 Å². The Kier molecular flexibility index (Phi) is 4.85. The Bertz CT molecular complexity index is 574. The third-order valence-electron chi connectivity index (χ3n) is 2.14. The van der Waals surface area contributed by atoms with E-state index in [1.807, 2.05) is 0 Å². The second kappa shape index (κ2) is 6.21. The summed E-state index contributed by atoms with van der Waals surface area (Å²) in [5.74, 6) is -2.20. The topological polar surface area (TPSA) is 116 Å². The van der Waals surface area contributed by atoms with E-state index in [2.05, 4.69) is 0 Å². The van der Waals surface area contributed by atoms with Crippen LogP contribution in [-0.2, 0) is 9.53 Å². The van der Waals surface area contributed by atoms with E-state index in [0.717, 1.165) is 6.07 Å². The molecule has 1 aromatic carbocycles. The van der Waals surface area contributed by atoms with Crippen molar-refractivity contribution < 1.29 is 29.1 Å². The number of carboxylic acids is 1. The lowest BCUT2D eigenvalue weighted by molar-refractivity contribution is -0.385. The first-order chi connectivity index (χ1) is 9.60. The first-order valence-corrected chi connectivity index (χ1v) is 5.96. The van der Waals surface area contributed by atoms with Gasteiger partial charge in [-0.1, -0.05) is 0 Å². The predicted molar refractivity (Wildman–Crippen MR) is 71.4 cm³/mol. The maximum Gasteiger partial charge on any atom is 0.341 e. The number of nitrogens with zero attached hydrogens (tertiary/aromatic N) is 1. The van der Waals surface area contributed by atoms with Crippen LogP contribution in [0, 0.1) is 10.1 Å². The molecule has 0 radical (unpaired) electrons. The van der Waals surface area contributed by atoms with Crippen LogP contribution in [0.3, 0.4) is 0 Å². The number of hydrogen-bond acceptors (Lipinski definition) is 6. The number of ether oxygens (including phenoxy) is 2.